The summed E-state index contributed by atoms with van der Waals surface area (Å²) in [6.45, 7) is 2.77. The van der Waals surface area contributed by atoms with Crippen LogP contribution in [-0.4, -0.2) is 59.4 Å². The predicted molar refractivity (Wildman–Crippen MR) is 141 cm³/mol. The molecule has 2 aromatic carbocycles. The SMILES string of the molecule is COc1ccc(C(C)=O)cc1CC(=O)N[C@@H](C)C(=O)NC(CC(=O)O)C(=O)CSCc1c(F)cccc1Cl. The molecule has 0 aliphatic heterocycles. The first kappa shape index (κ1) is 30.8. The summed E-state index contributed by atoms with van der Waals surface area (Å²) in [6, 6.07) is 6.42. The summed E-state index contributed by atoms with van der Waals surface area (Å²) in [7, 11) is 1.42. The van der Waals surface area contributed by atoms with Crippen LogP contribution < -0.4 is 15.4 Å². The quantitative estimate of drug-likeness (QED) is 0.296. The molecule has 0 saturated carbocycles. The summed E-state index contributed by atoms with van der Waals surface area (Å²) in [5, 5.41) is 14.3. The van der Waals surface area contributed by atoms with Crippen LogP contribution in [0.3, 0.4) is 0 Å². The Balaban J connectivity index is 1.98. The first-order chi connectivity index (χ1) is 17.9. The van der Waals surface area contributed by atoms with Crippen LogP contribution in [0, 0.1) is 5.82 Å². The second kappa shape index (κ2) is 14.5. The standard InChI is InChI=1S/C26H28ClFN2O7S/c1-14(29-24(33)10-17-9-16(15(2)31)7-8-23(17)37-3)26(36)30-21(11-25(34)35)22(32)13-38-12-18-19(27)5-4-6-20(18)28/h4-9,14,21H,10-13H2,1-3H3,(H,29,33)(H,30,36)(H,34,35)/t14-,21?/m0/s1. The van der Waals surface area contributed by atoms with E-state index in [4.69, 9.17) is 16.3 Å². The molecule has 0 fully saturated rings. The Morgan fingerprint density at radius 1 is 1.13 bits per heavy atom. The van der Waals surface area contributed by atoms with Gasteiger partial charge in [-0.1, -0.05) is 17.7 Å². The van der Waals surface area contributed by atoms with Crippen molar-refractivity contribution in [1.29, 1.82) is 0 Å². The molecule has 2 aromatic rings. The third kappa shape index (κ3) is 9.14. The summed E-state index contributed by atoms with van der Waals surface area (Å²) in [6.07, 6.45) is -0.851. The van der Waals surface area contributed by atoms with Crippen molar-refractivity contribution in [2.45, 2.75) is 44.5 Å². The Morgan fingerprint density at radius 2 is 1.84 bits per heavy atom. The highest BCUT2D eigenvalue weighted by Gasteiger charge is 2.26. The molecule has 2 amide bonds. The number of aliphatic carboxylic acids is 1. The number of nitrogens with one attached hydrogen (secondary N) is 2. The van der Waals surface area contributed by atoms with Crippen LogP contribution in [0.15, 0.2) is 36.4 Å². The highest BCUT2D eigenvalue weighted by molar-refractivity contribution is 7.99. The lowest BCUT2D eigenvalue weighted by Gasteiger charge is -2.20. The highest BCUT2D eigenvalue weighted by atomic mass is 35.5. The van der Waals surface area contributed by atoms with E-state index >= 15 is 0 Å². The zero-order chi connectivity index (χ0) is 28.4. The summed E-state index contributed by atoms with van der Waals surface area (Å²) < 4.78 is 19.2. The molecular weight excluding hydrogens is 539 g/mol. The van der Waals surface area contributed by atoms with Gasteiger partial charge in [0.25, 0.3) is 0 Å². The fraction of sp³-hybridized carbons (Fsp3) is 0.346. The maximum absolute atomic E-state index is 13.9. The number of thioether (sulfide) groups is 1. The topological polar surface area (TPSA) is 139 Å². The second-order valence-corrected chi connectivity index (χ2v) is 9.76. The summed E-state index contributed by atoms with van der Waals surface area (Å²) in [4.78, 5) is 60.8. The molecule has 0 heterocycles. The van der Waals surface area contributed by atoms with E-state index in [1.54, 1.807) is 12.1 Å². The fourth-order valence-corrected chi connectivity index (χ4v) is 4.72. The van der Waals surface area contributed by atoms with Gasteiger partial charge in [0.15, 0.2) is 11.6 Å². The molecule has 38 heavy (non-hydrogen) atoms. The molecule has 0 bridgehead atoms. The van der Waals surface area contributed by atoms with Gasteiger partial charge in [0.05, 0.1) is 31.7 Å². The summed E-state index contributed by atoms with van der Waals surface area (Å²) in [5.41, 5.74) is 1.05. The number of hydrogen-bond donors (Lipinski definition) is 3. The maximum atomic E-state index is 13.9. The van der Waals surface area contributed by atoms with Gasteiger partial charge < -0.3 is 20.5 Å². The van der Waals surface area contributed by atoms with Crippen LogP contribution in [0.2, 0.25) is 5.02 Å². The lowest BCUT2D eigenvalue weighted by atomic mass is 10.0. The first-order valence-electron chi connectivity index (χ1n) is 11.5. The Bertz CT molecular complexity index is 1200. The van der Waals surface area contributed by atoms with Crippen molar-refractivity contribution in [3.63, 3.8) is 0 Å². The van der Waals surface area contributed by atoms with Crippen LogP contribution >= 0.6 is 23.4 Å². The number of rotatable bonds is 14. The van der Waals surface area contributed by atoms with Gasteiger partial charge in [-0.3, -0.25) is 24.0 Å². The van der Waals surface area contributed by atoms with Crippen LogP contribution in [0.5, 0.6) is 5.75 Å². The number of carboxylic acids is 1. The third-order valence-corrected chi connectivity index (χ3v) is 6.78. The van der Waals surface area contributed by atoms with Crippen molar-refractivity contribution >= 4 is 52.7 Å². The number of carbonyl (C=O) groups is 5. The van der Waals surface area contributed by atoms with Gasteiger partial charge in [-0.2, -0.15) is 0 Å². The van der Waals surface area contributed by atoms with E-state index in [-0.39, 0.29) is 34.3 Å². The van der Waals surface area contributed by atoms with E-state index in [0.29, 0.717) is 16.9 Å². The number of ether oxygens (including phenoxy) is 1. The maximum Gasteiger partial charge on any atom is 0.305 e. The number of amides is 2. The number of ketones is 2. The Morgan fingerprint density at radius 3 is 2.45 bits per heavy atom. The van der Waals surface area contributed by atoms with Gasteiger partial charge >= 0.3 is 5.97 Å². The van der Waals surface area contributed by atoms with Crippen molar-refractivity contribution < 1.29 is 38.2 Å². The van der Waals surface area contributed by atoms with E-state index < -0.39 is 47.9 Å². The van der Waals surface area contributed by atoms with Crippen LogP contribution in [0.4, 0.5) is 4.39 Å². The molecule has 2 rings (SSSR count). The monoisotopic (exact) mass is 566 g/mol. The first-order valence-corrected chi connectivity index (χ1v) is 13.0. The summed E-state index contributed by atoms with van der Waals surface area (Å²) >= 11 is 7.01. The van der Waals surface area contributed by atoms with Gasteiger partial charge in [0.2, 0.25) is 11.8 Å². The molecule has 0 radical (unpaired) electrons. The molecule has 0 saturated heterocycles. The van der Waals surface area contributed by atoms with Gasteiger partial charge in [0, 0.05) is 27.5 Å². The zero-order valence-corrected chi connectivity index (χ0v) is 22.6. The van der Waals surface area contributed by atoms with Crippen molar-refractivity contribution in [2.24, 2.45) is 0 Å². The number of halogens is 2. The Labute approximate surface area is 228 Å². The number of carbonyl (C=O) groups excluding carboxylic acids is 4. The van der Waals surface area contributed by atoms with Crippen LogP contribution in [0.1, 0.15) is 41.8 Å². The normalized spacial score (nSPS) is 12.2. The molecule has 204 valence electrons. The smallest absolute Gasteiger partial charge is 0.305 e. The van der Waals surface area contributed by atoms with E-state index in [9.17, 15) is 33.5 Å². The van der Waals surface area contributed by atoms with Crippen molar-refractivity contribution in [3.8, 4) is 5.75 Å². The van der Waals surface area contributed by atoms with Gasteiger partial charge in [-0.25, -0.2) is 4.39 Å². The average molecular weight is 567 g/mol. The van der Waals surface area contributed by atoms with Crippen molar-refractivity contribution in [1.82, 2.24) is 10.6 Å². The molecule has 0 aromatic heterocycles. The van der Waals surface area contributed by atoms with E-state index in [1.807, 2.05) is 0 Å². The van der Waals surface area contributed by atoms with E-state index in [0.717, 1.165) is 11.8 Å². The van der Waals surface area contributed by atoms with E-state index in [1.165, 1.54) is 45.2 Å². The Hall–Kier alpha value is -3.44. The van der Waals surface area contributed by atoms with Crippen LogP contribution in [0.25, 0.3) is 0 Å². The fourth-order valence-electron chi connectivity index (χ4n) is 3.41. The lowest BCUT2D eigenvalue weighted by molar-refractivity contribution is -0.140. The predicted octanol–water partition coefficient (Wildman–Crippen LogP) is 3.20. The second-order valence-electron chi connectivity index (χ2n) is 8.37. The van der Waals surface area contributed by atoms with Gasteiger partial charge in [0.1, 0.15) is 17.6 Å². The summed E-state index contributed by atoms with van der Waals surface area (Å²) in [5.74, 6) is -3.64. The average Bonchev–Trinajstić information content (AvgIpc) is 2.84. The molecule has 2 atom stereocenters. The number of hydrogen-bond acceptors (Lipinski definition) is 7. The van der Waals surface area contributed by atoms with Gasteiger partial charge in [-0.05, 0) is 44.2 Å². The van der Waals surface area contributed by atoms with Crippen molar-refractivity contribution in [3.05, 3.63) is 63.9 Å². The van der Waals surface area contributed by atoms with Crippen molar-refractivity contribution in [2.75, 3.05) is 12.9 Å². The minimum Gasteiger partial charge on any atom is -0.496 e. The Kier molecular flexibility index (Phi) is 11.7. The molecule has 3 N–H and O–H groups in total. The minimum atomic E-state index is -1.35. The van der Waals surface area contributed by atoms with E-state index in [2.05, 4.69) is 10.6 Å². The van der Waals surface area contributed by atoms with Crippen LogP contribution in [-0.2, 0) is 31.4 Å². The largest absolute Gasteiger partial charge is 0.496 e. The number of carboxylic acid groups (broad SMARTS) is 1. The molecule has 0 aliphatic carbocycles. The highest BCUT2D eigenvalue weighted by Crippen LogP contribution is 2.24. The molecule has 0 spiro atoms. The zero-order valence-electron chi connectivity index (χ0n) is 21.0. The molecule has 9 nitrogen and oxygen atoms in total. The van der Waals surface area contributed by atoms with Gasteiger partial charge in [-0.15, -0.1) is 11.8 Å². The molecule has 1 unspecified atom stereocenters. The lowest BCUT2D eigenvalue weighted by Crippen LogP contribution is -2.51. The number of Topliss-reactive ketones (excluding diaryl/α,β-unsaturated/α-hetero) is 2. The molecular formula is C26H28ClFN2O7S. The molecule has 0 aliphatic rings. The number of benzene rings is 2. The number of methoxy groups -OCH3 is 1. The minimum absolute atomic E-state index is 0.0751. The third-order valence-electron chi connectivity index (χ3n) is 5.45. The molecule has 12 heteroatoms.